The Morgan fingerprint density at radius 2 is 1.91 bits per heavy atom. The molecule has 0 radical (unpaired) electrons. The Morgan fingerprint density at radius 1 is 1.27 bits per heavy atom. The summed E-state index contributed by atoms with van der Waals surface area (Å²) in [6, 6.07) is 11.0. The third-order valence-corrected chi connectivity index (χ3v) is 3.39. The van der Waals surface area contributed by atoms with Crippen molar-refractivity contribution in [2.24, 2.45) is 10.7 Å². The van der Waals surface area contributed by atoms with Crippen LogP contribution in [0.15, 0.2) is 41.4 Å². The van der Waals surface area contributed by atoms with Crippen LogP contribution in [0.25, 0.3) is 16.7 Å². The smallest absolute Gasteiger partial charge is 0.169 e. The van der Waals surface area contributed by atoms with Gasteiger partial charge in [0.15, 0.2) is 5.75 Å². The number of hydrogen-bond acceptors (Lipinski definition) is 4. The topological polar surface area (TPSA) is 89.3 Å². The van der Waals surface area contributed by atoms with Gasteiger partial charge in [0.25, 0.3) is 0 Å². The van der Waals surface area contributed by atoms with Crippen LogP contribution in [0, 0.1) is 6.92 Å². The van der Waals surface area contributed by atoms with Gasteiger partial charge in [0.2, 0.25) is 0 Å². The third-order valence-electron chi connectivity index (χ3n) is 3.12. The molecule has 3 aromatic rings. The van der Waals surface area contributed by atoms with E-state index in [0.717, 1.165) is 16.6 Å². The van der Waals surface area contributed by atoms with Crippen LogP contribution in [-0.2, 0) is 0 Å². The Morgan fingerprint density at radius 3 is 2.50 bits per heavy atom. The molecule has 2 aromatic carbocycles. The normalized spacial score (nSPS) is 12.0. The Kier molecular flexibility index (Phi) is 3.68. The number of aryl methyl sites for hydroxylation is 1. The lowest BCUT2D eigenvalue weighted by atomic mass is 10.2. The Balaban J connectivity index is 2.18. The molecule has 0 saturated heterocycles. The zero-order chi connectivity index (χ0) is 15.7. The molecule has 0 atom stereocenters. The van der Waals surface area contributed by atoms with Crippen LogP contribution in [-0.4, -0.2) is 31.8 Å². The molecule has 0 spiro atoms. The molecule has 112 valence electrons. The van der Waals surface area contributed by atoms with E-state index in [2.05, 4.69) is 15.2 Å². The first kappa shape index (κ1) is 14.3. The lowest BCUT2D eigenvalue weighted by Crippen LogP contribution is -2.12. The molecule has 0 amide bonds. The van der Waals surface area contributed by atoms with Gasteiger partial charge in [-0.05, 0) is 36.8 Å². The summed E-state index contributed by atoms with van der Waals surface area (Å²) in [5.41, 5.74) is 8.81. The summed E-state index contributed by atoms with van der Waals surface area (Å²) >= 11 is 5.64. The van der Waals surface area contributed by atoms with E-state index in [4.69, 9.17) is 17.3 Å². The van der Waals surface area contributed by atoms with E-state index in [1.165, 1.54) is 4.80 Å². The zero-order valence-electron chi connectivity index (χ0n) is 11.9. The van der Waals surface area contributed by atoms with E-state index in [9.17, 15) is 5.11 Å². The summed E-state index contributed by atoms with van der Waals surface area (Å²) in [6.07, 6.45) is 0. The van der Waals surface area contributed by atoms with E-state index < -0.39 is 0 Å². The molecule has 3 N–H and O–H groups in total. The molecule has 0 unspecified atom stereocenters. The first-order valence-corrected chi connectivity index (χ1v) is 7.17. The predicted octanol–water partition coefficient (Wildman–Crippen LogP) is 2.66. The maximum absolute atomic E-state index is 10.4. The molecule has 1 heterocycles. The fourth-order valence-electron chi connectivity index (χ4n) is 2.13. The highest BCUT2D eigenvalue weighted by Gasteiger charge is 2.13. The molecule has 0 aliphatic carbocycles. The third kappa shape index (κ3) is 2.60. The molecule has 0 fully saturated rings. The second kappa shape index (κ2) is 5.65. The summed E-state index contributed by atoms with van der Waals surface area (Å²) in [5.74, 6) is 0.276. The number of amidine groups is 1. The molecule has 3 rings (SSSR count). The SMILES string of the molecule is Cc1cc(N=C(N)CCl)c(O)c(-n2nc3ccccc3n2)c1. The highest BCUT2D eigenvalue weighted by atomic mass is 35.5. The Labute approximate surface area is 131 Å². The summed E-state index contributed by atoms with van der Waals surface area (Å²) in [5, 5.41) is 19.2. The van der Waals surface area contributed by atoms with Crippen molar-refractivity contribution in [2.45, 2.75) is 6.92 Å². The van der Waals surface area contributed by atoms with Gasteiger partial charge >= 0.3 is 0 Å². The monoisotopic (exact) mass is 315 g/mol. The van der Waals surface area contributed by atoms with Gasteiger partial charge in [-0.15, -0.1) is 26.6 Å². The van der Waals surface area contributed by atoms with Crippen LogP contribution in [0.3, 0.4) is 0 Å². The van der Waals surface area contributed by atoms with Crippen LogP contribution in [0.1, 0.15) is 5.56 Å². The first-order chi connectivity index (χ1) is 10.6. The molecule has 1 aromatic heterocycles. The van der Waals surface area contributed by atoms with E-state index in [1.807, 2.05) is 31.2 Å². The number of rotatable bonds is 3. The van der Waals surface area contributed by atoms with Crippen molar-refractivity contribution in [2.75, 3.05) is 5.88 Å². The molecule has 7 heteroatoms. The maximum atomic E-state index is 10.4. The minimum Gasteiger partial charge on any atom is -0.504 e. The average molecular weight is 316 g/mol. The van der Waals surface area contributed by atoms with Crippen molar-refractivity contribution in [3.05, 3.63) is 42.0 Å². The van der Waals surface area contributed by atoms with Crippen LogP contribution in [0.2, 0.25) is 0 Å². The van der Waals surface area contributed by atoms with Crippen molar-refractivity contribution in [1.29, 1.82) is 0 Å². The van der Waals surface area contributed by atoms with E-state index >= 15 is 0 Å². The summed E-state index contributed by atoms with van der Waals surface area (Å²) in [7, 11) is 0. The second-order valence-corrected chi connectivity index (χ2v) is 5.13. The highest BCUT2D eigenvalue weighted by molar-refractivity contribution is 6.28. The van der Waals surface area contributed by atoms with Crippen LogP contribution < -0.4 is 5.73 Å². The lowest BCUT2D eigenvalue weighted by Gasteiger charge is -2.08. The number of fused-ring (bicyclic) bond motifs is 1. The average Bonchev–Trinajstić information content (AvgIpc) is 2.94. The number of nitrogens with zero attached hydrogens (tertiary/aromatic N) is 4. The number of halogens is 1. The minimum absolute atomic E-state index is 0.0426. The molecular weight excluding hydrogens is 302 g/mol. The largest absolute Gasteiger partial charge is 0.504 e. The fraction of sp³-hybridized carbons (Fsp3) is 0.133. The standard InChI is InChI=1S/C15H14ClN5O/c1-9-6-12(18-14(17)8-16)15(22)13(7-9)21-19-10-4-2-3-5-11(10)20-21/h2-7,22H,8H2,1H3,(H2,17,18). The summed E-state index contributed by atoms with van der Waals surface area (Å²) < 4.78 is 0. The number of phenols is 1. The number of aliphatic imine (C=N–C) groups is 1. The predicted molar refractivity (Wildman–Crippen MR) is 87.3 cm³/mol. The van der Waals surface area contributed by atoms with Crippen molar-refractivity contribution in [3.63, 3.8) is 0 Å². The lowest BCUT2D eigenvalue weighted by molar-refractivity contribution is 0.469. The van der Waals surface area contributed by atoms with Gasteiger partial charge in [-0.2, -0.15) is 0 Å². The highest BCUT2D eigenvalue weighted by Crippen LogP contribution is 2.34. The molecule has 22 heavy (non-hydrogen) atoms. The number of hydrogen-bond donors (Lipinski definition) is 2. The van der Waals surface area contributed by atoms with E-state index in [0.29, 0.717) is 11.4 Å². The van der Waals surface area contributed by atoms with Gasteiger partial charge in [-0.3, -0.25) is 0 Å². The number of phenolic OH excluding ortho intramolecular Hbond substituents is 1. The number of nitrogens with two attached hydrogens (primary N) is 1. The quantitative estimate of drug-likeness (QED) is 0.442. The van der Waals surface area contributed by atoms with Gasteiger partial charge in [-0.1, -0.05) is 12.1 Å². The first-order valence-electron chi connectivity index (χ1n) is 6.63. The van der Waals surface area contributed by atoms with Gasteiger partial charge in [-0.25, -0.2) is 4.99 Å². The van der Waals surface area contributed by atoms with E-state index in [1.54, 1.807) is 12.1 Å². The molecule has 0 aliphatic heterocycles. The number of benzene rings is 2. The zero-order valence-corrected chi connectivity index (χ0v) is 12.6. The fourth-order valence-corrected chi connectivity index (χ4v) is 2.19. The number of alkyl halides is 1. The van der Waals surface area contributed by atoms with E-state index in [-0.39, 0.29) is 17.5 Å². The molecule has 0 bridgehead atoms. The molecular formula is C15H14ClN5O. The van der Waals surface area contributed by atoms with Crippen molar-refractivity contribution in [1.82, 2.24) is 15.0 Å². The summed E-state index contributed by atoms with van der Waals surface area (Å²) in [6.45, 7) is 1.89. The maximum Gasteiger partial charge on any atom is 0.169 e. The Hall–Kier alpha value is -2.60. The molecule has 0 aliphatic rings. The van der Waals surface area contributed by atoms with Crippen molar-refractivity contribution < 1.29 is 5.11 Å². The van der Waals surface area contributed by atoms with Gasteiger partial charge in [0, 0.05) is 0 Å². The van der Waals surface area contributed by atoms with Gasteiger partial charge in [0.05, 0.1) is 5.88 Å². The number of aromatic hydroxyl groups is 1. The van der Waals surface area contributed by atoms with Crippen LogP contribution in [0.5, 0.6) is 5.75 Å². The second-order valence-electron chi connectivity index (χ2n) is 4.87. The summed E-state index contributed by atoms with van der Waals surface area (Å²) in [4.78, 5) is 5.51. The minimum atomic E-state index is -0.0426. The van der Waals surface area contributed by atoms with Crippen molar-refractivity contribution >= 4 is 34.2 Å². The molecule has 6 nitrogen and oxygen atoms in total. The van der Waals surface area contributed by atoms with Gasteiger partial charge in [0.1, 0.15) is 28.2 Å². The van der Waals surface area contributed by atoms with Gasteiger partial charge < -0.3 is 10.8 Å². The number of aromatic nitrogens is 3. The Bertz CT molecular complexity index is 838. The van der Waals surface area contributed by atoms with Crippen LogP contribution >= 0.6 is 11.6 Å². The molecule has 0 saturated carbocycles. The van der Waals surface area contributed by atoms with Crippen molar-refractivity contribution in [3.8, 4) is 11.4 Å². The van der Waals surface area contributed by atoms with Crippen LogP contribution in [0.4, 0.5) is 5.69 Å².